The molecule has 4 aromatic rings. The molecule has 0 saturated carbocycles. The Kier molecular flexibility index (Phi) is 26.4. The van der Waals surface area contributed by atoms with Gasteiger partial charge in [0.2, 0.25) is 0 Å². The van der Waals surface area contributed by atoms with Crippen LogP contribution in [0.1, 0.15) is 77.6 Å². The summed E-state index contributed by atoms with van der Waals surface area (Å²) >= 11 is 0. The fourth-order valence-corrected chi connectivity index (χ4v) is 4.73. The second-order valence-electron chi connectivity index (χ2n) is 12.3. The molecule has 5 heteroatoms. The van der Waals surface area contributed by atoms with E-state index in [-0.39, 0.29) is 26.2 Å². The predicted octanol–water partition coefficient (Wildman–Crippen LogP) is 12.2. The molecule has 0 aromatic heterocycles. The van der Waals surface area contributed by atoms with Gasteiger partial charge in [-0.15, -0.1) is 70.8 Å². The van der Waals surface area contributed by atoms with Gasteiger partial charge in [0.1, 0.15) is 0 Å². The molecule has 0 aliphatic heterocycles. The van der Waals surface area contributed by atoms with Crippen molar-refractivity contribution < 1.29 is 26.2 Å². The molecule has 4 rings (SSSR count). The first-order valence-electron chi connectivity index (χ1n) is 17.3. The van der Waals surface area contributed by atoms with Crippen molar-refractivity contribution in [2.75, 3.05) is 28.2 Å². The van der Waals surface area contributed by atoms with Crippen LogP contribution in [0.4, 0.5) is 0 Å². The van der Waals surface area contributed by atoms with E-state index in [4.69, 9.17) is 0 Å². The first-order chi connectivity index (χ1) is 25.0. The second kappa shape index (κ2) is 28.9. The Balaban J connectivity index is 0.000000676. The molecule has 0 atom stereocenters. The average molecular weight is 780 g/mol. The topological polar surface area (TPSA) is 49.4 Å². The third kappa shape index (κ3) is 19.2. The molecule has 53 heavy (non-hydrogen) atoms. The summed E-state index contributed by atoms with van der Waals surface area (Å²) in [6.07, 6.45) is 12.0. The molecule has 0 unspecified atom stereocenters. The average Bonchev–Trinajstić information content (AvgIpc) is 3.15. The van der Waals surface area contributed by atoms with Crippen molar-refractivity contribution >= 4 is 47.2 Å². The van der Waals surface area contributed by atoms with Gasteiger partial charge in [0.05, 0.1) is 0 Å². The standard InChI is InChI=1S/4C12H14N.Zr/c4*1-10(2)12(9-13-3)11-7-5-4-6-8-11;/h4*4-8H,1-3H3;/q4*-1;+4. The molecule has 0 heterocycles. The summed E-state index contributed by atoms with van der Waals surface area (Å²) in [5.41, 5.74) is 14.0. The van der Waals surface area contributed by atoms with E-state index in [0.29, 0.717) is 0 Å². The van der Waals surface area contributed by atoms with Crippen LogP contribution in [0.5, 0.6) is 0 Å². The summed E-state index contributed by atoms with van der Waals surface area (Å²) in [6.45, 7) is 16.6. The van der Waals surface area contributed by atoms with Gasteiger partial charge in [-0.25, -0.2) is 0 Å². The van der Waals surface area contributed by atoms with Crippen LogP contribution >= 0.6 is 0 Å². The van der Waals surface area contributed by atoms with Crippen molar-refractivity contribution in [3.63, 3.8) is 0 Å². The van der Waals surface area contributed by atoms with Gasteiger partial charge in [-0.05, 0) is 0 Å². The Morgan fingerprint density at radius 1 is 0.302 bits per heavy atom. The molecular formula is C48H56N4Zr. The van der Waals surface area contributed by atoms with Crippen molar-refractivity contribution in [2.24, 2.45) is 20.0 Å². The van der Waals surface area contributed by atoms with E-state index in [1.807, 2.05) is 72.8 Å². The van der Waals surface area contributed by atoms with Crippen molar-refractivity contribution in [1.82, 2.24) is 0 Å². The van der Waals surface area contributed by atoms with Crippen LogP contribution in [-0.4, -0.2) is 53.0 Å². The first kappa shape index (κ1) is 48.4. The van der Waals surface area contributed by atoms with Gasteiger partial charge >= 0.3 is 26.2 Å². The minimum atomic E-state index is 0. The summed E-state index contributed by atoms with van der Waals surface area (Å²) in [5, 5.41) is 0. The fourth-order valence-electron chi connectivity index (χ4n) is 4.73. The van der Waals surface area contributed by atoms with Gasteiger partial charge in [-0.1, -0.05) is 153 Å². The van der Waals surface area contributed by atoms with Crippen LogP contribution in [0, 0.1) is 0 Å². The van der Waals surface area contributed by atoms with E-state index < -0.39 is 0 Å². The van der Waals surface area contributed by atoms with E-state index in [2.05, 4.69) is 149 Å². The molecule has 4 nitrogen and oxygen atoms in total. The van der Waals surface area contributed by atoms with Crippen LogP contribution in [0.25, 0.3) is 22.3 Å². The summed E-state index contributed by atoms with van der Waals surface area (Å²) in [7, 11) is 6.97. The van der Waals surface area contributed by atoms with Crippen LogP contribution < -0.4 is 0 Å². The van der Waals surface area contributed by atoms with Crippen molar-refractivity contribution in [3.05, 3.63) is 166 Å². The number of hydrogen-bond donors (Lipinski definition) is 0. The smallest absolute Gasteiger partial charge is 0.363 e. The van der Waals surface area contributed by atoms with Crippen LogP contribution in [0.3, 0.4) is 0 Å². The molecule has 272 valence electrons. The molecule has 0 bridgehead atoms. The molecule has 0 amide bonds. The molecule has 4 aromatic carbocycles. The maximum atomic E-state index is 3.93. The molecule has 0 spiro atoms. The van der Waals surface area contributed by atoms with E-state index in [1.165, 1.54) is 44.5 Å². The van der Waals surface area contributed by atoms with Gasteiger partial charge in [-0.2, -0.15) is 44.6 Å². The summed E-state index contributed by atoms with van der Waals surface area (Å²) in [5.74, 6) is 0. The number of aliphatic imine (C=N–C) groups is 4. The SMILES string of the molecule is CN=[C-]C(=C(C)C)c1ccccc1.CN=[C-]C(=C(C)C)c1ccccc1.CN=[C-]C(=C(C)C)c1ccccc1.CN=[C-]C(=C(C)C)c1ccccc1.[Zr+4]. The van der Waals surface area contributed by atoms with Gasteiger partial charge in [0, 0.05) is 28.2 Å². The monoisotopic (exact) mass is 778 g/mol. The van der Waals surface area contributed by atoms with Crippen LogP contribution in [-0.2, 0) is 26.2 Å². The number of hydrogen-bond acceptors (Lipinski definition) is 4. The first-order valence-corrected chi connectivity index (χ1v) is 17.3. The normalized spacial score (nSPS) is 10.2. The summed E-state index contributed by atoms with van der Waals surface area (Å²) in [4.78, 5) is 15.7. The zero-order valence-corrected chi connectivity index (χ0v) is 36.3. The molecule has 0 fully saturated rings. The minimum absolute atomic E-state index is 0. The van der Waals surface area contributed by atoms with Gasteiger partial charge in [0.25, 0.3) is 0 Å². The number of rotatable bonds is 8. The second-order valence-corrected chi connectivity index (χ2v) is 12.3. The Labute approximate surface area is 340 Å². The summed E-state index contributed by atoms with van der Waals surface area (Å²) < 4.78 is 0. The molecular weight excluding hydrogens is 724 g/mol. The quantitative estimate of drug-likeness (QED) is 0.126. The van der Waals surface area contributed by atoms with Gasteiger partial charge < -0.3 is 20.0 Å². The van der Waals surface area contributed by atoms with Crippen LogP contribution in [0.2, 0.25) is 0 Å². The zero-order valence-electron chi connectivity index (χ0n) is 33.8. The Morgan fingerprint density at radius 2 is 0.453 bits per heavy atom. The third-order valence-electron chi connectivity index (χ3n) is 7.14. The molecule has 0 aliphatic rings. The minimum Gasteiger partial charge on any atom is -0.363 e. The van der Waals surface area contributed by atoms with Gasteiger partial charge in [0.15, 0.2) is 0 Å². The Bertz CT molecular complexity index is 1550. The van der Waals surface area contributed by atoms with E-state index >= 15 is 0 Å². The predicted molar refractivity (Wildman–Crippen MR) is 232 cm³/mol. The zero-order chi connectivity index (χ0) is 38.7. The Morgan fingerprint density at radius 3 is 0.566 bits per heavy atom. The van der Waals surface area contributed by atoms with E-state index in [9.17, 15) is 0 Å². The Hall–Kier alpha value is -4.60. The largest absolute Gasteiger partial charge is 4.00 e. The number of nitrogens with zero attached hydrogens (tertiary/aromatic N) is 4. The van der Waals surface area contributed by atoms with Crippen molar-refractivity contribution in [3.8, 4) is 0 Å². The van der Waals surface area contributed by atoms with Crippen molar-refractivity contribution in [2.45, 2.75) is 55.4 Å². The molecule has 0 radical (unpaired) electrons. The third-order valence-corrected chi connectivity index (χ3v) is 7.14. The number of allylic oxidation sites excluding steroid dienone is 8. The summed E-state index contributed by atoms with van der Waals surface area (Å²) in [6, 6.07) is 40.8. The molecule has 0 aliphatic carbocycles. The fraction of sp³-hybridized carbons (Fsp3) is 0.250. The molecule has 0 saturated heterocycles. The van der Waals surface area contributed by atoms with E-state index in [1.54, 1.807) is 28.2 Å². The van der Waals surface area contributed by atoms with Gasteiger partial charge in [-0.3, -0.25) is 0 Å². The maximum absolute atomic E-state index is 3.93. The van der Waals surface area contributed by atoms with E-state index in [0.717, 1.165) is 22.3 Å². The number of benzene rings is 4. The van der Waals surface area contributed by atoms with Crippen LogP contribution in [0.15, 0.2) is 164 Å². The van der Waals surface area contributed by atoms with Crippen molar-refractivity contribution in [1.29, 1.82) is 0 Å². The molecule has 0 N–H and O–H groups in total. The maximum Gasteiger partial charge on any atom is 4.00 e.